The second-order valence-electron chi connectivity index (χ2n) is 14.9. The molecule has 0 fully saturated rings. The minimum Gasteiger partial charge on any atom is -0.387 e. The molecule has 52 heavy (non-hydrogen) atoms. The molecule has 0 aromatic rings. The van der Waals surface area contributed by atoms with Crippen LogP contribution in [0.5, 0.6) is 0 Å². The molecule has 308 valence electrons. The highest BCUT2D eigenvalue weighted by molar-refractivity contribution is 7.47. The van der Waals surface area contributed by atoms with Crippen LogP contribution >= 0.6 is 7.82 Å². The van der Waals surface area contributed by atoms with Crippen molar-refractivity contribution in [3.63, 3.8) is 0 Å². The molecular weight excluding hydrogens is 671 g/mol. The lowest BCUT2D eigenvalue weighted by Crippen LogP contribution is -2.45. The summed E-state index contributed by atoms with van der Waals surface area (Å²) in [4.78, 5) is 22.6. The third kappa shape index (κ3) is 37.3. The van der Waals surface area contributed by atoms with Crippen LogP contribution in [0.2, 0.25) is 0 Å². The standard InChI is InChI=1S/C43H85N2O6P/c1-3-5-7-9-11-13-15-17-18-19-20-21-22-23-24-25-26-28-30-32-34-36-42(46)41(40-51-52(48,49)50-39-38-44)45-43(47)37-35-33-31-29-27-16-14-12-10-8-6-4-2/h26,28,34,36,41-42,46H,3-25,27,29-33,35,37-40,44H2,1-2H3,(H,45,47)(H,48,49)/b28-26+,36-34+. The molecule has 0 rings (SSSR count). The monoisotopic (exact) mass is 757 g/mol. The fourth-order valence-corrected chi connectivity index (χ4v) is 7.20. The number of carbonyl (C=O) groups excluding carboxylic acids is 1. The van der Waals surface area contributed by atoms with Crippen LogP contribution in [0, 0.1) is 0 Å². The topological polar surface area (TPSA) is 131 Å². The van der Waals surface area contributed by atoms with Crippen LogP contribution in [0.15, 0.2) is 24.3 Å². The van der Waals surface area contributed by atoms with E-state index in [1.165, 1.54) is 154 Å². The number of carbonyl (C=O) groups is 1. The summed E-state index contributed by atoms with van der Waals surface area (Å²) in [5, 5.41) is 13.6. The van der Waals surface area contributed by atoms with Gasteiger partial charge in [-0.15, -0.1) is 0 Å². The van der Waals surface area contributed by atoms with E-state index < -0.39 is 20.0 Å². The minimum atomic E-state index is -4.34. The summed E-state index contributed by atoms with van der Waals surface area (Å²) in [6.07, 6.45) is 45.2. The molecule has 0 aliphatic carbocycles. The zero-order valence-corrected chi connectivity index (χ0v) is 35.0. The molecule has 8 nitrogen and oxygen atoms in total. The van der Waals surface area contributed by atoms with Crippen LogP contribution < -0.4 is 11.1 Å². The maximum Gasteiger partial charge on any atom is 0.472 e. The SMILES string of the molecule is CCCCCCCCCCCCCCCCC/C=C/CC/C=C/C(O)C(COP(=O)(O)OCCN)NC(=O)CCCCCCCCCCCCCC. The number of phosphoric acid groups is 1. The second-order valence-corrected chi connectivity index (χ2v) is 16.4. The number of aliphatic hydroxyl groups is 1. The Labute approximate surface area is 321 Å². The maximum atomic E-state index is 12.7. The van der Waals surface area contributed by atoms with Crippen molar-refractivity contribution in [1.82, 2.24) is 5.32 Å². The molecule has 0 aliphatic heterocycles. The van der Waals surface area contributed by atoms with E-state index in [0.29, 0.717) is 6.42 Å². The molecule has 3 atom stereocenters. The van der Waals surface area contributed by atoms with Crippen molar-refractivity contribution in [2.45, 2.75) is 225 Å². The van der Waals surface area contributed by atoms with Crippen LogP contribution in [-0.4, -0.2) is 47.8 Å². The average Bonchev–Trinajstić information content (AvgIpc) is 3.13. The van der Waals surface area contributed by atoms with Crippen molar-refractivity contribution in [1.29, 1.82) is 0 Å². The maximum absolute atomic E-state index is 12.7. The smallest absolute Gasteiger partial charge is 0.387 e. The molecule has 0 aliphatic rings. The van der Waals surface area contributed by atoms with Gasteiger partial charge in [-0.25, -0.2) is 4.57 Å². The van der Waals surface area contributed by atoms with Gasteiger partial charge in [-0.2, -0.15) is 0 Å². The summed E-state index contributed by atoms with van der Waals surface area (Å²) in [5.74, 6) is -0.203. The number of allylic oxidation sites excluding steroid dienone is 3. The molecule has 0 aromatic heterocycles. The Kier molecular flexibility index (Phi) is 38.9. The third-order valence-corrected chi connectivity index (χ3v) is 10.8. The first-order valence-electron chi connectivity index (χ1n) is 22.0. The highest BCUT2D eigenvalue weighted by Crippen LogP contribution is 2.43. The summed E-state index contributed by atoms with van der Waals surface area (Å²) >= 11 is 0. The van der Waals surface area contributed by atoms with E-state index in [9.17, 15) is 19.4 Å². The molecule has 5 N–H and O–H groups in total. The highest BCUT2D eigenvalue weighted by atomic mass is 31.2. The van der Waals surface area contributed by atoms with Gasteiger partial charge in [-0.05, 0) is 32.1 Å². The number of amides is 1. The Hall–Kier alpha value is -1.02. The Morgan fingerprint density at radius 1 is 0.615 bits per heavy atom. The zero-order valence-electron chi connectivity index (χ0n) is 34.1. The lowest BCUT2D eigenvalue weighted by Gasteiger charge is -2.23. The number of unbranched alkanes of at least 4 members (excludes halogenated alkanes) is 27. The van der Waals surface area contributed by atoms with Crippen LogP contribution in [0.1, 0.15) is 213 Å². The van der Waals surface area contributed by atoms with Crippen molar-refractivity contribution in [3.05, 3.63) is 24.3 Å². The Morgan fingerprint density at radius 3 is 1.48 bits per heavy atom. The van der Waals surface area contributed by atoms with Crippen molar-refractivity contribution in [2.75, 3.05) is 19.8 Å². The van der Waals surface area contributed by atoms with Gasteiger partial charge < -0.3 is 21.1 Å². The fourth-order valence-electron chi connectivity index (χ4n) is 6.44. The molecule has 0 saturated heterocycles. The number of rotatable bonds is 41. The number of phosphoric ester groups is 1. The Balaban J connectivity index is 4.20. The van der Waals surface area contributed by atoms with E-state index in [1.54, 1.807) is 6.08 Å². The van der Waals surface area contributed by atoms with Gasteiger partial charge >= 0.3 is 7.82 Å². The van der Waals surface area contributed by atoms with E-state index in [-0.39, 0.29) is 25.7 Å². The summed E-state index contributed by atoms with van der Waals surface area (Å²) in [6.45, 7) is 4.12. The normalized spacial score (nSPS) is 14.3. The van der Waals surface area contributed by atoms with Gasteiger partial charge in [0, 0.05) is 13.0 Å². The first kappa shape index (κ1) is 51.0. The summed E-state index contributed by atoms with van der Waals surface area (Å²) in [7, 11) is -4.34. The molecule has 0 saturated carbocycles. The Morgan fingerprint density at radius 2 is 1.02 bits per heavy atom. The Bertz CT molecular complexity index is 871. The largest absolute Gasteiger partial charge is 0.472 e. The average molecular weight is 757 g/mol. The van der Waals surface area contributed by atoms with Crippen molar-refractivity contribution >= 4 is 13.7 Å². The van der Waals surface area contributed by atoms with E-state index >= 15 is 0 Å². The molecule has 0 aromatic carbocycles. The van der Waals surface area contributed by atoms with E-state index in [0.717, 1.165) is 38.5 Å². The number of nitrogens with one attached hydrogen (secondary N) is 1. The first-order chi connectivity index (χ1) is 25.4. The summed E-state index contributed by atoms with van der Waals surface area (Å²) in [6, 6.07) is -0.872. The number of hydrogen-bond donors (Lipinski definition) is 4. The predicted octanol–water partition coefficient (Wildman–Crippen LogP) is 12.2. The van der Waals surface area contributed by atoms with Gasteiger partial charge in [0.15, 0.2) is 0 Å². The van der Waals surface area contributed by atoms with Crippen LogP contribution in [0.3, 0.4) is 0 Å². The van der Waals surface area contributed by atoms with Gasteiger partial charge in [0.05, 0.1) is 25.4 Å². The number of hydrogen-bond acceptors (Lipinski definition) is 6. The van der Waals surface area contributed by atoms with Gasteiger partial charge in [0.2, 0.25) is 5.91 Å². The van der Waals surface area contributed by atoms with Crippen molar-refractivity contribution < 1.29 is 28.4 Å². The molecule has 9 heteroatoms. The highest BCUT2D eigenvalue weighted by Gasteiger charge is 2.26. The summed E-state index contributed by atoms with van der Waals surface area (Å²) < 4.78 is 22.1. The third-order valence-electron chi connectivity index (χ3n) is 9.78. The zero-order chi connectivity index (χ0) is 38.2. The fraction of sp³-hybridized carbons (Fsp3) is 0.884. The molecular formula is C43H85N2O6P. The predicted molar refractivity (Wildman–Crippen MR) is 221 cm³/mol. The number of nitrogens with two attached hydrogens (primary N) is 1. The first-order valence-corrected chi connectivity index (χ1v) is 23.5. The molecule has 3 unspecified atom stereocenters. The van der Waals surface area contributed by atoms with Gasteiger partial charge in [-0.1, -0.05) is 199 Å². The summed E-state index contributed by atoms with van der Waals surface area (Å²) in [5.41, 5.74) is 5.37. The second kappa shape index (κ2) is 39.7. The molecule has 0 spiro atoms. The van der Waals surface area contributed by atoms with E-state index in [1.807, 2.05) is 6.08 Å². The van der Waals surface area contributed by atoms with Crippen molar-refractivity contribution in [2.24, 2.45) is 5.73 Å². The number of aliphatic hydroxyl groups excluding tert-OH is 1. The lowest BCUT2D eigenvalue weighted by molar-refractivity contribution is -0.123. The lowest BCUT2D eigenvalue weighted by atomic mass is 10.0. The van der Waals surface area contributed by atoms with Gasteiger partial charge in [-0.3, -0.25) is 13.8 Å². The molecule has 1 amide bonds. The van der Waals surface area contributed by atoms with E-state index in [2.05, 4.69) is 31.3 Å². The quantitative estimate of drug-likeness (QED) is 0.0277. The van der Waals surface area contributed by atoms with Gasteiger partial charge in [0.25, 0.3) is 0 Å². The van der Waals surface area contributed by atoms with Crippen LogP contribution in [0.25, 0.3) is 0 Å². The molecule has 0 heterocycles. The van der Waals surface area contributed by atoms with Gasteiger partial charge in [0.1, 0.15) is 0 Å². The van der Waals surface area contributed by atoms with Crippen LogP contribution in [0.4, 0.5) is 0 Å². The molecule has 0 radical (unpaired) electrons. The van der Waals surface area contributed by atoms with Crippen LogP contribution in [-0.2, 0) is 18.4 Å². The molecule has 0 bridgehead atoms. The van der Waals surface area contributed by atoms with E-state index in [4.69, 9.17) is 14.8 Å². The van der Waals surface area contributed by atoms with Crippen molar-refractivity contribution in [3.8, 4) is 0 Å². The minimum absolute atomic E-state index is 0.0758.